The summed E-state index contributed by atoms with van der Waals surface area (Å²) < 4.78 is 34.1. The Balaban J connectivity index is 1.52. The predicted molar refractivity (Wildman–Crippen MR) is 154 cm³/mol. The molecule has 2 aromatic rings. The summed E-state index contributed by atoms with van der Waals surface area (Å²) in [6, 6.07) is 11.0. The summed E-state index contributed by atoms with van der Waals surface area (Å²) in [5.74, 6) is 0.0879. The van der Waals surface area contributed by atoms with Gasteiger partial charge in [0.2, 0.25) is 10.0 Å². The molecule has 0 saturated heterocycles. The van der Waals surface area contributed by atoms with Gasteiger partial charge in [0.15, 0.2) is 0 Å². The molecule has 1 saturated carbocycles. The van der Waals surface area contributed by atoms with E-state index >= 15 is 0 Å². The molecule has 2 bridgehead atoms. The van der Waals surface area contributed by atoms with Crippen LogP contribution in [0.5, 0.6) is 5.75 Å². The molecule has 5 rings (SSSR count). The average molecular weight is 573 g/mol. The number of benzene rings is 2. The van der Waals surface area contributed by atoms with E-state index in [0.717, 1.165) is 56.4 Å². The van der Waals surface area contributed by atoms with Gasteiger partial charge in [-0.1, -0.05) is 36.7 Å². The fourth-order valence-corrected chi connectivity index (χ4v) is 7.47. The number of hydrogen-bond acceptors (Lipinski definition) is 6. The zero-order valence-corrected chi connectivity index (χ0v) is 23.9. The van der Waals surface area contributed by atoms with Crippen LogP contribution in [0.1, 0.15) is 60.5 Å². The summed E-state index contributed by atoms with van der Waals surface area (Å²) in [7, 11) is -3.83. The zero-order chi connectivity index (χ0) is 27.6. The monoisotopic (exact) mass is 572 g/mol. The van der Waals surface area contributed by atoms with Crippen LogP contribution < -0.4 is 14.4 Å². The fraction of sp³-hybridized carbons (Fsp3) is 0.500. The van der Waals surface area contributed by atoms with Gasteiger partial charge in [-0.2, -0.15) is 0 Å². The summed E-state index contributed by atoms with van der Waals surface area (Å²) in [6.45, 7) is 3.67. The number of amides is 1. The molecule has 39 heavy (non-hydrogen) atoms. The van der Waals surface area contributed by atoms with Crippen molar-refractivity contribution in [3.05, 3.63) is 70.3 Å². The molecule has 0 aromatic heterocycles. The number of aliphatic hydroxyl groups excluding tert-OH is 1. The second-order valence-electron chi connectivity index (χ2n) is 11.3. The summed E-state index contributed by atoms with van der Waals surface area (Å²) >= 11 is 6.28. The average Bonchev–Trinajstić information content (AvgIpc) is 2.88. The Morgan fingerprint density at radius 3 is 2.74 bits per heavy atom. The van der Waals surface area contributed by atoms with Gasteiger partial charge in [0.25, 0.3) is 5.91 Å². The van der Waals surface area contributed by atoms with Crippen molar-refractivity contribution in [2.24, 2.45) is 17.8 Å². The van der Waals surface area contributed by atoms with Crippen LogP contribution in [0.3, 0.4) is 0 Å². The van der Waals surface area contributed by atoms with Crippen LogP contribution in [0.2, 0.25) is 5.02 Å². The number of nitrogens with one attached hydrogen (secondary N) is 1. The first-order valence-corrected chi connectivity index (χ1v) is 15.9. The lowest BCUT2D eigenvalue weighted by molar-refractivity contribution is 0.0461. The normalized spacial score (nSPS) is 28.4. The third-order valence-electron chi connectivity index (χ3n) is 8.23. The van der Waals surface area contributed by atoms with E-state index in [9.17, 15) is 18.3 Å². The van der Waals surface area contributed by atoms with Crippen LogP contribution in [0.15, 0.2) is 48.6 Å². The van der Waals surface area contributed by atoms with Crippen molar-refractivity contribution in [2.45, 2.75) is 58.2 Å². The molecule has 2 aliphatic heterocycles. The van der Waals surface area contributed by atoms with Crippen LogP contribution in [0, 0.1) is 17.8 Å². The lowest BCUT2D eigenvalue weighted by atomic mass is 9.70. The first-order valence-electron chi connectivity index (χ1n) is 13.9. The molecular formula is C30H37ClN2O5S. The highest BCUT2D eigenvalue weighted by Gasteiger charge is 2.37. The number of hydrogen-bond donors (Lipinski definition) is 2. The fourth-order valence-electron chi connectivity index (χ4n) is 5.91. The van der Waals surface area contributed by atoms with Crippen LogP contribution in [0.4, 0.5) is 5.69 Å². The van der Waals surface area contributed by atoms with Gasteiger partial charge in [-0.15, -0.1) is 0 Å². The Kier molecular flexibility index (Phi) is 8.55. The molecule has 3 aliphatic rings. The van der Waals surface area contributed by atoms with Gasteiger partial charge in [-0.3, -0.25) is 4.79 Å². The number of halogens is 1. The Morgan fingerprint density at radius 1 is 1.10 bits per heavy atom. The van der Waals surface area contributed by atoms with Crippen LogP contribution in [0.25, 0.3) is 0 Å². The summed E-state index contributed by atoms with van der Waals surface area (Å²) in [5, 5.41) is 11.6. The number of ether oxygens (including phenoxy) is 1. The van der Waals surface area contributed by atoms with Crippen LogP contribution in [-0.2, 0) is 23.1 Å². The van der Waals surface area contributed by atoms with E-state index < -0.39 is 22.0 Å². The number of aryl methyl sites for hydroxylation is 1. The van der Waals surface area contributed by atoms with Gasteiger partial charge < -0.3 is 14.7 Å². The molecule has 1 aliphatic carbocycles. The lowest BCUT2D eigenvalue weighted by Crippen LogP contribution is -2.43. The standard InChI is InChI=1S/C30H37ClN2O5S/c1-20-5-4-7-28(34)26-12-9-23(26)17-33-14-3-2-6-21-15-25(31)11-8-24(21)18-38-29-13-10-22(16-27(29)33)30(35)32-39(36,37)19-20/h4,7-8,10-11,13,15-16,20,23,26,28,34H,2-3,5-6,9,12,14,17-19H2,1H3,(H,32,35)/b7-4+/t20-,23+,26-,28+/m1/s1. The number of carbonyl (C=O) groups excluding carboxylic acids is 1. The Labute approximate surface area is 236 Å². The zero-order valence-electron chi connectivity index (χ0n) is 22.3. The molecule has 2 aromatic carbocycles. The SMILES string of the molecule is C[C@@H]1C/C=C/[C@H](O)[C@@H]2CC[C@H]2CN2CCCCc3cc(Cl)ccc3COc3ccc(cc32)C(=O)NS(=O)(=O)C1. The van der Waals surface area contributed by atoms with E-state index in [0.29, 0.717) is 29.7 Å². The number of aliphatic hydroxyl groups is 1. The van der Waals surface area contributed by atoms with Crippen molar-refractivity contribution in [1.82, 2.24) is 4.72 Å². The van der Waals surface area contributed by atoms with Gasteiger partial charge in [-0.25, -0.2) is 13.1 Å². The molecule has 7 nitrogen and oxygen atoms in total. The summed E-state index contributed by atoms with van der Waals surface area (Å²) in [6.07, 6.45) is 8.40. The van der Waals surface area contributed by atoms with Crippen molar-refractivity contribution in [3.63, 3.8) is 0 Å². The third kappa shape index (κ3) is 6.79. The number of nitrogens with zero attached hydrogens (tertiary/aromatic N) is 1. The second-order valence-corrected chi connectivity index (χ2v) is 13.5. The van der Waals surface area contributed by atoms with Crippen LogP contribution >= 0.6 is 11.6 Å². The third-order valence-corrected chi connectivity index (χ3v) is 9.97. The Hall–Kier alpha value is -2.55. The van der Waals surface area contributed by atoms with E-state index in [1.54, 1.807) is 18.2 Å². The minimum Gasteiger partial charge on any atom is -0.487 e. The predicted octanol–water partition coefficient (Wildman–Crippen LogP) is 5.10. The molecular weight excluding hydrogens is 536 g/mol. The number of rotatable bonds is 0. The number of allylic oxidation sites excluding steroid dienone is 1. The van der Waals surface area contributed by atoms with Crippen molar-refractivity contribution in [3.8, 4) is 5.75 Å². The van der Waals surface area contributed by atoms with Crippen molar-refractivity contribution < 1.29 is 23.1 Å². The molecule has 210 valence electrons. The smallest absolute Gasteiger partial charge is 0.264 e. The van der Waals surface area contributed by atoms with E-state index in [2.05, 4.69) is 9.62 Å². The maximum atomic E-state index is 13.1. The minimum atomic E-state index is -3.83. The van der Waals surface area contributed by atoms with E-state index in [-0.39, 0.29) is 23.2 Å². The Bertz CT molecular complexity index is 1340. The maximum Gasteiger partial charge on any atom is 0.264 e. The minimum absolute atomic E-state index is 0.147. The number of carbonyl (C=O) groups is 1. The lowest BCUT2D eigenvalue weighted by Gasteiger charge is -2.42. The van der Waals surface area contributed by atoms with Crippen molar-refractivity contribution >= 4 is 33.2 Å². The number of anilines is 1. The quantitative estimate of drug-likeness (QED) is 0.426. The van der Waals surface area contributed by atoms with Gasteiger partial charge in [0, 0.05) is 23.7 Å². The van der Waals surface area contributed by atoms with Gasteiger partial charge in [0.1, 0.15) is 12.4 Å². The summed E-state index contributed by atoms with van der Waals surface area (Å²) in [4.78, 5) is 15.4. The summed E-state index contributed by atoms with van der Waals surface area (Å²) in [5.41, 5.74) is 3.29. The topological polar surface area (TPSA) is 95.9 Å². The molecule has 0 unspecified atom stereocenters. The first-order chi connectivity index (χ1) is 18.7. The molecule has 1 amide bonds. The number of sulfonamides is 1. The Morgan fingerprint density at radius 2 is 1.95 bits per heavy atom. The number of fused-ring (bicyclic) bond motifs is 3. The van der Waals surface area contributed by atoms with E-state index in [1.165, 1.54) is 5.56 Å². The second kappa shape index (κ2) is 11.9. The highest BCUT2D eigenvalue weighted by atomic mass is 35.5. The van der Waals surface area contributed by atoms with E-state index in [1.807, 2.05) is 37.3 Å². The molecule has 9 heteroatoms. The van der Waals surface area contributed by atoms with Crippen molar-refractivity contribution in [1.29, 1.82) is 0 Å². The molecule has 0 radical (unpaired) electrons. The van der Waals surface area contributed by atoms with Crippen LogP contribution in [-0.4, -0.2) is 44.4 Å². The maximum absolute atomic E-state index is 13.1. The molecule has 1 fully saturated rings. The van der Waals surface area contributed by atoms with Gasteiger partial charge in [-0.05, 0) is 97.7 Å². The highest BCUT2D eigenvalue weighted by molar-refractivity contribution is 7.90. The van der Waals surface area contributed by atoms with Gasteiger partial charge in [0.05, 0.1) is 17.5 Å². The highest BCUT2D eigenvalue weighted by Crippen LogP contribution is 2.41. The molecule has 0 spiro atoms. The van der Waals surface area contributed by atoms with Crippen molar-refractivity contribution in [2.75, 3.05) is 23.7 Å². The molecule has 2 N–H and O–H groups in total. The van der Waals surface area contributed by atoms with E-state index in [4.69, 9.17) is 16.3 Å². The largest absolute Gasteiger partial charge is 0.487 e. The molecule has 4 atom stereocenters. The van der Waals surface area contributed by atoms with Gasteiger partial charge >= 0.3 is 0 Å². The first kappa shape index (κ1) is 28.0. The molecule has 2 heterocycles.